The molecule has 1 aromatic carbocycles. The molecule has 0 atom stereocenters. The summed E-state index contributed by atoms with van der Waals surface area (Å²) in [5.74, 6) is -1.03. The Bertz CT molecular complexity index is 866. The summed E-state index contributed by atoms with van der Waals surface area (Å²) in [4.78, 5) is 28.5. The maximum absolute atomic E-state index is 12.3. The van der Waals surface area contributed by atoms with Crippen molar-refractivity contribution in [2.75, 3.05) is 11.9 Å². The van der Waals surface area contributed by atoms with Crippen molar-refractivity contribution in [3.8, 4) is 0 Å². The molecule has 0 amide bonds. The molecule has 0 radical (unpaired) electrons. The first-order chi connectivity index (χ1) is 12.4. The summed E-state index contributed by atoms with van der Waals surface area (Å²) >= 11 is 5.95. The minimum Gasteiger partial charge on any atom is -0.454 e. The van der Waals surface area contributed by atoms with Crippen LogP contribution in [0.25, 0.3) is 0 Å². The molecule has 4 N–H and O–H groups in total. The van der Waals surface area contributed by atoms with Crippen LogP contribution >= 0.6 is 11.6 Å². The molecule has 0 fully saturated rings. The van der Waals surface area contributed by atoms with Gasteiger partial charge in [-0.15, -0.1) is 0 Å². The van der Waals surface area contributed by atoms with Crippen molar-refractivity contribution in [2.45, 2.75) is 6.92 Å². The van der Waals surface area contributed by atoms with Crippen LogP contribution in [0.4, 0.5) is 5.82 Å². The summed E-state index contributed by atoms with van der Waals surface area (Å²) in [5, 5.41) is 10.8. The van der Waals surface area contributed by atoms with Gasteiger partial charge >= 0.3 is 5.97 Å². The summed E-state index contributed by atoms with van der Waals surface area (Å²) in [7, 11) is 0. The Hall–Kier alpha value is -3.19. The molecular weight excluding hydrogens is 356 g/mol. The van der Waals surface area contributed by atoms with Gasteiger partial charge in [0.25, 0.3) is 0 Å². The largest absolute Gasteiger partial charge is 0.454 e. The third-order valence-electron chi connectivity index (χ3n) is 3.28. The van der Waals surface area contributed by atoms with E-state index in [9.17, 15) is 9.59 Å². The van der Waals surface area contributed by atoms with Crippen LogP contribution in [0.15, 0.2) is 60.1 Å². The van der Waals surface area contributed by atoms with Gasteiger partial charge in [-0.2, -0.15) is 0 Å². The highest BCUT2D eigenvalue weighted by atomic mass is 35.5. The molecule has 0 saturated carbocycles. The van der Waals surface area contributed by atoms with Crippen LogP contribution in [0.5, 0.6) is 0 Å². The number of hydrogen-bond acceptors (Lipinski definition) is 7. The lowest BCUT2D eigenvalue weighted by Crippen LogP contribution is -2.25. The Morgan fingerprint density at radius 3 is 2.54 bits per heavy atom. The van der Waals surface area contributed by atoms with Gasteiger partial charge in [-0.25, -0.2) is 9.78 Å². The Morgan fingerprint density at radius 1 is 1.23 bits per heavy atom. The van der Waals surface area contributed by atoms with E-state index >= 15 is 0 Å². The minimum atomic E-state index is -0.890. The van der Waals surface area contributed by atoms with Gasteiger partial charge in [0.15, 0.2) is 6.61 Å². The van der Waals surface area contributed by atoms with Crippen molar-refractivity contribution in [3.63, 3.8) is 0 Å². The van der Waals surface area contributed by atoms with Gasteiger partial charge in [-0.1, -0.05) is 29.8 Å². The average molecular weight is 373 g/mol. The second kappa shape index (κ2) is 8.77. The number of nitrogens with zero attached hydrogens (tertiary/aromatic N) is 1. The Kier molecular flexibility index (Phi) is 6.46. The number of Topliss-reactive ketones (excluding diaryl/α,β-unsaturated/α-hetero) is 1. The number of anilines is 1. The molecule has 0 bridgehead atoms. The normalized spacial score (nSPS) is 11.3. The van der Waals surface area contributed by atoms with Crippen LogP contribution in [0, 0.1) is 5.41 Å². The average Bonchev–Trinajstić information content (AvgIpc) is 2.60. The van der Waals surface area contributed by atoms with Crippen LogP contribution in [0.3, 0.4) is 0 Å². The van der Waals surface area contributed by atoms with Crippen LogP contribution < -0.4 is 11.1 Å². The van der Waals surface area contributed by atoms with Crippen molar-refractivity contribution >= 4 is 34.9 Å². The number of hydrogen-bond donors (Lipinski definition) is 3. The summed E-state index contributed by atoms with van der Waals surface area (Å²) in [6, 6.07) is 11.6. The van der Waals surface area contributed by atoms with E-state index in [1.54, 1.807) is 42.6 Å². The number of nitrogens with two attached hydrogens (primary N) is 1. The zero-order valence-electron chi connectivity index (χ0n) is 14.0. The topological polar surface area (TPSA) is 118 Å². The molecule has 7 nitrogen and oxygen atoms in total. The molecule has 2 rings (SSSR count). The highest BCUT2D eigenvalue weighted by Crippen LogP contribution is 2.16. The number of carbonyl (C=O) groups excluding carboxylic acids is 2. The number of aromatic nitrogens is 1. The lowest BCUT2D eigenvalue weighted by atomic mass is 10.1. The number of esters is 1. The summed E-state index contributed by atoms with van der Waals surface area (Å²) in [6.45, 7) is 0.871. The third kappa shape index (κ3) is 4.90. The van der Waals surface area contributed by atoms with E-state index in [1.807, 2.05) is 0 Å². The quantitative estimate of drug-likeness (QED) is 0.297. The van der Waals surface area contributed by atoms with Crippen molar-refractivity contribution < 1.29 is 14.3 Å². The predicted octanol–water partition coefficient (Wildman–Crippen LogP) is 2.78. The van der Waals surface area contributed by atoms with Crippen LogP contribution in [0.2, 0.25) is 5.02 Å². The predicted molar refractivity (Wildman–Crippen MR) is 99.2 cm³/mol. The lowest BCUT2D eigenvalue weighted by molar-refractivity contribution is -0.137. The fourth-order valence-electron chi connectivity index (χ4n) is 2.07. The molecule has 1 aromatic heterocycles. The highest BCUT2D eigenvalue weighted by molar-refractivity contribution is 6.34. The smallest absolute Gasteiger partial charge is 0.344 e. The van der Waals surface area contributed by atoms with Crippen molar-refractivity contribution in [3.05, 3.63) is 70.6 Å². The Balaban J connectivity index is 2.11. The number of nitrogens with one attached hydrogen (secondary N) is 2. The van der Waals surface area contributed by atoms with E-state index in [-0.39, 0.29) is 27.7 Å². The first kappa shape index (κ1) is 19.1. The van der Waals surface area contributed by atoms with E-state index in [2.05, 4.69) is 10.3 Å². The van der Waals surface area contributed by atoms with Gasteiger partial charge < -0.3 is 21.2 Å². The molecule has 0 aliphatic heterocycles. The molecule has 0 aliphatic carbocycles. The van der Waals surface area contributed by atoms with E-state index < -0.39 is 18.4 Å². The standard InChI is InChI=1S/C18H17ClN4O3/c1-11(20)16(17(21)23-15-8-4-5-9-22-15)18(25)26-10-14(24)12-6-2-3-7-13(12)19/h2-9,20H,10,21H2,1H3,(H,22,23)/b17-16+,20-11?. The van der Waals surface area contributed by atoms with Gasteiger partial charge in [0.2, 0.25) is 5.78 Å². The first-order valence-corrected chi connectivity index (χ1v) is 7.96. The summed E-state index contributed by atoms with van der Waals surface area (Å²) in [6.07, 6.45) is 1.55. The van der Waals surface area contributed by atoms with Crippen LogP contribution in [0.1, 0.15) is 17.3 Å². The number of ether oxygens (including phenoxy) is 1. The van der Waals surface area contributed by atoms with Crippen LogP contribution in [-0.2, 0) is 9.53 Å². The molecule has 134 valence electrons. The van der Waals surface area contributed by atoms with Gasteiger partial charge in [0, 0.05) is 17.5 Å². The molecule has 2 aromatic rings. The maximum Gasteiger partial charge on any atom is 0.344 e. The number of halogens is 1. The van der Waals surface area contributed by atoms with E-state index in [4.69, 9.17) is 27.5 Å². The number of pyridine rings is 1. The Morgan fingerprint density at radius 2 is 1.92 bits per heavy atom. The number of benzene rings is 1. The zero-order chi connectivity index (χ0) is 19.1. The molecule has 0 spiro atoms. The SMILES string of the molecule is CC(=N)/C(C(=O)OCC(=O)c1ccccc1Cl)=C(/N)Nc1ccccn1. The van der Waals surface area contributed by atoms with Gasteiger partial charge in [-0.05, 0) is 31.2 Å². The fourth-order valence-corrected chi connectivity index (χ4v) is 2.31. The molecule has 8 heteroatoms. The molecule has 26 heavy (non-hydrogen) atoms. The summed E-state index contributed by atoms with van der Waals surface area (Å²) in [5.41, 5.74) is 5.83. The van der Waals surface area contributed by atoms with Crippen molar-refractivity contribution in [2.24, 2.45) is 5.73 Å². The Labute approximate surface area is 155 Å². The lowest BCUT2D eigenvalue weighted by Gasteiger charge is -2.12. The second-order valence-electron chi connectivity index (χ2n) is 5.23. The molecule has 0 saturated heterocycles. The van der Waals surface area contributed by atoms with Gasteiger partial charge in [0.05, 0.1) is 5.02 Å². The number of carbonyl (C=O) groups is 2. The van der Waals surface area contributed by atoms with Crippen LogP contribution in [-0.4, -0.2) is 29.1 Å². The molecule has 1 heterocycles. The van der Waals surface area contributed by atoms with Crippen molar-refractivity contribution in [1.29, 1.82) is 5.41 Å². The first-order valence-electron chi connectivity index (χ1n) is 7.58. The summed E-state index contributed by atoms with van der Waals surface area (Å²) < 4.78 is 5.01. The molecule has 0 aliphatic rings. The zero-order valence-corrected chi connectivity index (χ0v) is 14.7. The van der Waals surface area contributed by atoms with Gasteiger partial charge in [0.1, 0.15) is 17.2 Å². The number of rotatable bonds is 7. The van der Waals surface area contributed by atoms with E-state index in [0.29, 0.717) is 5.82 Å². The third-order valence-corrected chi connectivity index (χ3v) is 3.61. The van der Waals surface area contributed by atoms with E-state index in [0.717, 1.165) is 0 Å². The monoisotopic (exact) mass is 372 g/mol. The highest BCUT2D eigenvalue weighted by Gasteiger charge is 2.20. The maximum atomic E-state index is 12.3. The van der Waals surface area contributed by atoms with E-state index in [1.165, 1.54) is 13.0 Å². The second-order valence-corrected chi connectivity index (χ2v) is 5.64. The fraction of sp³-hybridized carbons (Fsp3) is 0.111. The van der Waals surface area contributed by atoms with Gasteiger partial charge in [-0.3, -0.25) is 4.79 Å². The minimum absolute atomic E-state index is 0.0913. The molecular formula is C18H17ClN4O3. The van der Waals surface area contributed by atoms with Crippen molar-refractivity contribution in [1.82, 2.24) is 4.98 Å². The molecule has 0 unspecified atom stereocenters. The number of ketones is 1.